The first-order chi connectivity index (χ1) is 9.01. The largest absolute Gasteiger partial charge is 0.478 e. The van der Waals surface area contributed by atoms with Gasteiger partial charge < -0.3 is 9.84 Å². The molecule has 1 N–H and O–H groups in total. The molecule has 0 fully saturated rings. The van der Waals surface area contributed by atoms with Crippen LogP contribution in [0.4, 0.5) is 4.39 Å². The molecule has 1 aromatic heterocycles. The predicted octanol–water partition coefficient (Wildman–Crippen LogP) is 2.24. The molecule has 0 unspecified atom stereocenters. The van der Waals surface area contributed by atoms with Crippen LogP contribution in [0, 0.1) is 5.82 Å². The minimum atomic E-state index is -1.35. The number of thiazole rings is 1. The van der Waals surface area contributed by atoms with Gasteiger partial charge in [0.05, 0.1) is 28.8 Å². The highest BCUT2D eigenvalue weighted by molar-refractivity contribution is 7.18. The molecule has 0 aliphatic carbocycles. The first kappa shape index (κ1) is 13.4. The monoisotopic (exact) mass is 283 g/mol. The number of benzene rings is 1. The minimum absolute atomic E-state index is 0.00277. The van der Waals surface area contributed by atoms with Crippen LogP contribution in [0.5, 0.6) is 0 Å². The van der Waals surface area contributed by atoms with E-state index < -0.39 is 23.3 Å². The Morgan fingerprint density at radius 1 is 1.47 bits per heavy atom. The van der Waals surface area contributed by atoms with E-state index in [2.05, 4.69) is 4.98 Å². The Hall–Kier alpha value is -2.02. The maximum Gasteiger partial charge on any atom is 0.338 e. The van der Waals surface area contributed by atoms with E-state index in [9.17, 15) is 14.0 Å². The second-order valence-electron chi connectivity index (χ2n) is 3.69. The van der Waals surface area contributed by atoms with Crippen LogP contribution in [0.15, 0.2) is 12.1 Å². The van der Waals surface area contributed by atoms with Gasteiger partial charge in [0.15, 0.2) is 0 Å². The summed E-state index contributed by atoms with van der Waals surface area (Å²) in [5.74, 6) is -2.58. The van der Waals surface area contributed by atoms with Gasteiger partial charge in [-0.2, -0.15) is 0 Å². The predicted molar refractivity (Wildman–Crippen MR) is 66.9 cm³/mol. The van der Waals surface area contributed by atoms with Crippen molar-refractivity contribution in [1.82, 2.24) is 4.98 Å². The van der Waals surface area contributed by atoms with Gasteiger partial charge in [-0.05, 0) is 19.1 Å². The molecule has 2 rings (SSSR count). The molecule has 0 aliphatic heterocycles. The van der Waals surface area contributed by atoms with Crippen molar-refractivity contribution in [3.63, 3.8) is 0 Å². The number of halogens is 1. The average molecular weight is 283 g/mol. The van der Waals surface area contributed by atoms with Gasteiger partial charge in [0, 0.05) is 0 Å². The molecule has 1 aromatic carbocycles. The molecule has 19 heavy (non-hydrogen) atoms. The topological polar surface area (TPSA) is 76.5 Å². The Kier molecular flexibility index (Phi) is 3.75. The van der Waals surface area contributed by atoms with Crippen molar-refractivity contribution in [2.24, 2.45) is 0 Å². The summed E-state index contributed by atoms with van der Waals surface area (Å²) in [5.41, 5.74) is -0.0661. The maximum absolute atomic E-state index is 13.5. The number of ether oxygens (including phenoxy) is 1. The molecule has 0 atom stereocenters. The molecular weight excluding hydrogens is 273 g/mol. The van der Waals surface area contributed by atoms with E-state index in [-0.39, 0.29) is 13.0 Å². The molecule has 5 nitrogen and oxygen atoms in total. The van der Waals surface area contributed by atoms with Crippen molar-refractivity contribution in [2.75, 3.05) is 6.61 Å². The van der Waals surface area contributed by atoms with Crippen LogP contribution in [0.25, 0.3) is 10.2 Å². The lowest BCUT2D eigenvalue weighted by Gasteiger charge is -1.97. The zero-order valence-corrected chi connectivity index (χ0v) is 10.8. The van der Waals surface area contributed by atoms with E-state index in [4.69, 9.17) is 9.84 Å². The van der Waals surface area contributed by atoms with Gasteiger partial charge in [0.1, 0.15) is 10.8 Å². The molecular formula is C12H10FNO4S. The second kappa shape index (κ2) is 5.31. The zero-order chi connectivity index (χ0) is 14.0. The Labute approximate surface area is 111 Å². The number of aromatic carboxylic acids is 1. The summed E-state index contributed by atoms with van der Waals surface area (Å²) >= 11 is 1.14. The summed E-state index contributed by atoms with van der Waals surface area (Å²) < 4.78 is 18.8. The van der Waals surface area contributed by atoms with Crippen molar-refractivity contribution in [3.8, 4) is 0 Å². The fourth-order valence-corrected chi connectivity index (χ4v) is 2.53. The molecule has 0 saturated heterocycles. The van der Waals surface area contributed by atoms with Crippen LogP contribution >= 0.6 is 11.3 Å². The lowest BCUT2D eigenvalue weighted by Crippen LogP contribution is -2.06. The summed E-state index contributed by atoms with van der Waals surface area (Å²) in [6.07, 6.45) is -0.00277. The van der Waals surface area contributed by atoms with E-state index in [0.717, 1.165) is 23.5 Å². The Balaban J connectivity index is 2.35. The molecule has 0 saturated carbocycles. The number of esters is 1. The number of aromatic nitrogens is 1. The molecule has 1 heterocycles. The Bertz CT molecular complexity index is 652. The van der Waals surface area contributed by atoms with Gasteiger partial charge in [0.25, 0.3) is 0 Å². The number of hydrogen-bond donors (Lipinski definition) is 1. The smallest absolute Gasteiger partial charge is 0.338 e. The number of rotatable bonds is 4. The number of fused-ring (bicyclic) bond motifs is 1. The number of carbonyl (C=O) groups is 2. The summed E-state index contributed by atoms with van der Waals surface area (Å²) in [5, 5.41) is 9.28. The van der Waals surface area contributed by atoms with Gasteiger partial charge >= 0.3 is 11.9 Å². The summed E-state index contributed by atoms with van der Waals surface area (Å²) in [7, 11) is 0. The third kappa shape index (κ3) is 2.87. The molecule has 100 valence electrons. The third-order valence-electron chi connectivity index (χ3n) is 2.35. The van der Waals surface area contributed by atoms with Gasteiger partial charge in [-0.3, -0.25) is 4.79 Å². The molecule has 7 heteroatoms. The number of carboxylic acid groups (broad SMARTS) is 1. The van der Waals surface area contributed by atoms with E-state index in [1.54, 1.807) is 6.92 Å². The number of hydrogen-bond acceptors (Lipinski definition) is 5. The van der Waals surface area contributed by atoms with Crippen LogP contribution in [0.3, 0.4) is 0 Å². The molecule has 0 amide bonds. The van der Waals surface area contributed by atoms with E-state index in [1.807, 2.05) is 0 Å². The molecule has 0 radical (unpaired) electrons. The lowest BCUT2D eigenvalue weighted by molar-refractivity contribution is -0.142. The van der Waals surface area contributed by atoms with Crippen LogP contribution in [0.1, 0.15) is 22.3 Å². The minimum Gasteiger partial charge on any atom is -0.478 e. The highest BCUT2D eigenvalue weighted by Gasteiger charge is 2.15. The summed E-state index contributed by atoms with van der Waals surface area (Å²) in [6, 6.07) is 2.28. The highest BCUT2D eigenvalue weighted by Crippen LogP contribution is 2.25. The number of nitrogens with zero attached hydrogens (tertiary/aromatic N) is 1. The molecule has 2 aromatic rings. The van der Waals surface area contributed by atoms with Crippen molar-refractivity contribution in [1.29, 1.82) is 0 Å². The van der Waals surface area contributed by atoms with Gasteiger partial charge in [-0.1, -0.05) is 0 Å². The summed E-state index contributed by atoms with van der Waals surface area (Å²) in [4.78, 5) is 26.2. The number of carbonyl (C=O) groups excluding carboxylic acids is 1. The van der Waals surface area contributed by atoms with Crippen LogP contribution in [-0.4, -0.2) is 28.6 Å². The molecule has 0 spiro atoms. The highest BCUT2D eigenvalue weighted by atomic mass is 32.1. The van der Waals surface area contributed by atoms with E-state index in [1.165, 1.54) is 0 Å². The van der Waals surface area contributed by atoms with E-state index >= 15 is 0 Å². The Morgan fingerprint density at radius 3 is 2.84 bits per heavy atom. The molecule has 0 bridgehead atoms. The normalized spacial score (nSPS) is 10.6. The third-order valence-corrected chi connectivity index (χ3v) is 3.37. The van der Waals surface area contributed by atoms with Gasteiger partial charge in [0.2, 0.25) is 0 Å². The quantitative estimate of drug-likeness (QED) is 0.871. The molecule has 0 aliphatic rings. The van der Waals surface area contributed by atoms with Crippen molar-refractivity contribution < 1.29 is 23.8 Å². The first-order valence-corrected chi connectivity index (χ1v) is 6.30. The average Bonchev–Trinajstić information content (AvgIpc) is 2.68. The Morgan fingerprint density at radius 2 is 2.21 bits per heavy atom. The van der Waals surface area contributed by atoms with E-state index in [0.29, 0.717) is 15.2 Å². The van der Waals surface area contributed by atoms with Gasteiger partial charge in [-0.15, -0.1) is 11.3 Å². The lowest BCUT2D eigenvalue weighted by atomic mass is 10.2. The summed E-state index contributed by atoms with van der Waals surface area (Å²) in [6.45, 7) is 1.98. The number of carboxylic acids is 1. The van der Waals surface area contributed by atoms with Crippen LogP contribution in [0.2, 0.25) is 0 Å². The fraction of sp³-hybridized carbons (Fsp3) is 0.250. The van der Waals surface area contributed by atoms with Crippen molar-refractivity contribution in [2.45, 2.75) is 13.3 Å². The van der Waals surface area contributed by atoms with Gasteiger partial charge in [-0.25, -0.2) is 14.2 Å². The van der Waals surface area contributed by atoms with Crippen LogP contribution in [-0.2, 0) is 16.0 Å². The standard InChI is InChI=1S/C12H10FNO4S/c1-2-18-11(15)5-10-14-8-3-6(12(16)17)7(13)4-9(8)19-10/h3-4H,2,5H2,1H3,(H,16,17). The fourth-order valence-electron chi connectivity index (χ4n) is 1.57. The first-order valence-electron chi connectivity index (χ1n) is 5.49. The van der Waals surface area contributed by atoms with Crippen LogP contribution < -0.4 is 0 Å². The maximum atomic E-state index is 13.5. The van der Waals surface area contributed by atoms with Crippen molar-refractivity contribution in [3.05, 3.63) is 28.5 Å². The van der Waals surface area contributed by atoms with Crippen molar-refractivity contribution >= 4 is 33.5 Å². The second-order valence-corrected chi connectivity index (χ2v) is 4.81. The zero-order valence-electron chi connectivity index (χ0n) is 9.97. The SMILES string of the molecule is CCOC(=O)Cc1nc2cc(C(=O)O)c(F)cc2s1.